The quantitative estimate of drug-likeness (QED) is 0.626. The van der Waals surface area contributed by atoms with Crippen molar-refractivity contribution in [3.63, 3.8) is 0 Å². The molecule has 0 unspecified atom stereocenters. The molecule has 0 N–H and O–H groups in total. The summed E-state index contributed by atoms with van der Waals surface area (Å²) in [5, 5.41) is 0. The van der Waals surface area contributed by atoms with Gasteiger partial charge in [0.25, 0.3) is 0 Å². The zero-order chi connectivity index (χ0) is 9.97. The van der Waals surface area contributed by atoms with Gasteiger partial charge in [0.15, 0.2) is 0 Å². The Labute approximate surface area is 84.4 Å². The van der Waals surface area contributed by atoms with Gasteiger partial charge in [0.1, 0.15) is 5.78 Å². The maximum Gasteiger partial charge on any atom is 0.133 e. The van der Waals surface area contributed by atoms with Crippen molar-refractivity contribution in [2.24, 2.45) is 0 Å². The van der Waals surface area contributed by atoms with Crippen molar-refractivity contribution in [1.29, 1.82) is 0 Å². The van der Waals surface area contributed by atoms with Crippen molar-refractivity contribution in [2.45, 2.75) is 39.0 Å². The number of nitrogens with zero attached hydrogens (tertiary/aromatic N) is 1. The first-order valence-electron chi connectivity index (χ1n) is 5.22. The van der Waals surface area contributed by atoms with Crippen LogP contribution in [0.3, 0.4) is 0 Å². The summed E-state index contributed by atoms with van der Waals surface area (Å²) in [5.41, 5.74) is 3.66. The number of aryl methyl sites for hydroxylation is 3. The molecule has 0 saturated carbocycles. The van der Waals surface area contributed by atoms with Crippen LogP contribution in [0.2, 0.25) is 0 Å². The number of ketones is 1. The number of carbonyl (C=O) groups is 1. The standard InChI is InChI=1S/C12H15NO/c1-9-7-10-5-6-11(14)3-2-4-12(10)13-8-9/h7-8H,2-6H2,1H3. The summed E-state index contributed by atoms with van der Waals surface area (Å²) in [5.74, 6) is 0.400. The Morgan fingerprint density at radius 3 is 2.93 bits per heavy atom. The first kappa shape index (κ1) is 9.38. The van der Waals surface area contributed by atoms with Gasteiger partial charge in [-0.15, -0.1) is 0 Å². The second kappa shape index (κ2) is 3.91. The number of rotatable bonds is 0. The van der Waals surface area contributed by atoms with Crippen LogP contribution in [-0.4, -0.2) is 10.8 Å². The lowest BCUT2D eigenvalue weighted by molar-refractivity contribution is -0.119. The van der Waals surface area contributed by atoms with Crippen molar-refractivity contribution in [1.82, 2.24) is 4.98 Å². The highest BCUT2D eigenvalue weighted by Gasteiger charge is 2.12. The molecule has 2 nitrogen and oxygen atoms in total. The van der Waals surface area contributed by atoms with Gasteiger partial charge in [-0.2, -0.15) is 0 Å². The largest absolute Gasteiger partial charge is 0.300 e. The van der Waals surface area contributed by atoms with Crippen molar-refractivity contribution >= 4 is 5.78 Å². The van der Waals surface area contributed by atoms with E-state index in [9.17, 15) is 4.79 Å². The molecule has 1 aromatic rings. The van der Waals surface area contributed by atoms with E-state index in [1.54, 1.807) is 0 Å². The molecule has 0 aliphatic heterocycles. The number of aromatic nitrogens is 1. The monoisotopic (exact) mass is 189 g/mol. The summed E-state index contributed by atoms with van der Waals surface area (Å²) < 4.78 is 0. The van der Waals surface area contributed by atoms with E-state index >= 15 is 0 Å². The smallest absolute Gasteiger partial charge is 0.133 e. The zero-order valence-electron chi connectivity index (χ0n) is 8.55. The van der Waals surface area contributed by atoms with Crippen molar-refractivity contribution < 1.29 is 4.79 Å². The van der Waals surface area contributed by atoms with Crippen LogP contribution < -0.4 is 0 Å². The van der Waals surface area contributed by atoms with Gasteiger partial charge in [-0.3, -0.25) is 9.78 Å². The molecule has 0 saturated heterocycles. The maximum absolute atomic E-state index is 11.3. The average molecular weight is 189 g/mol. The highest BCUT2D eigenvalue weighted by atomic mass is 16.1. The molecular formula is C12H15NO. The molecule has 0 aromatic carbocycles. The molecule has 0 bridgehead atoms. The highest BCUT2D eigenvalue weighted by Crippen LogP contribution is 2.17. The summed E-state index contributed by atoms with van der Waals surface area (Å²) in [7, 11) is 0. The lowest BCUT2D eigenvalue weighted by atomic mass is 9.96. The molecule has 1 aromatic heterocycles. The molecule has 0 radical (unpaired) electrons. The molecule has 0 amide bonds. The minimum Gasteiger partial charge on any atom is -0.300 e. The van der Waals surface area contributed by atoms with Crippen LogP contribution in [0.15, 0.2) is 12.3 Å². The third kappa shape index (κ3) is 2.00. The van der Waals surface area contributed by atoms with Gasteiger partial charge in [-0.05, 0) is 37.3 Å². The maximum atomic E-state index is 11.3. The third-order valence-electron chi connectivity index (χ3n) is 2.74. The van der Waals surface area contributed by atoms with Gasteiger partial charge in [0.2, 0.25) is 0 Å². The molecule has 1 heterocycles. The molecule has 1 aliphatic rings. The van der Waals surface area contributed by atoms with Crippen LogP contribution in [0.25, 0.3) is 0 Å². The lowest BCUT2D eigenvalue weighted by Gasteiger charge is -2.12. The Morgan fingerprint density at radius 1 is 1.21 bits per heavy atom. The zero-order valence-corrected chi connectivity index (χ0v) is 8.55. The second-order valence-electron chi connectivity index (χ2n) is 4.01. The average Bonchev–Trinajstić information content (AvgIpc) is 2.15. The lowest BCUT2D eigenvalue weighted by Crippen LogP contribution is -2.08. The number of fused-ring (bicyclic) bond motifs is 1. The van der Waals surface area contributed by atoms with E-state index in [0.29, 0.717) is 12.2 Å². The normalized spacial score (nSPS) is 17.1. The number of carbonyl (C=O) groups excluding carboxylic acids is 1. The summed E-state index contributed by atoms with van der Waals surface area (Å²) in [6.07, 6.45) is 6.14. The minimum absolute atomic E-state index is 0.400. The Hall–Kier alpha value is -1.18. The molecule has 2 rings (SSSR count). The topological polar surface area (TPSA) is 30.0 Å². The number of hydrogen-bond donors (Lipinski definition) is 0. The van der Waals surface area contributed by atoms with E-state index in [4.69, 9.17) is 0 Å². The molecular weight excluding hydrogens is 174 g/mol. The van der Waals surface area contributed by atoms with E-state index < -0.39 is 0 Å². The van der Waals surface area contributed by atoms with E-state index in [1.165, 1.54) is 16.8 Å². The minimum atomic E-state index is 0.400. The fourth-order valence-electron chi connectivity index (χ4n) is 1.95. The summed E-state index contributed by atoms with van der Waals surface area (Å²) >= 11 is 0. The van der Waals surface area contributed by atoms with Crippen LogP contribution in [0.5, 0.6) is 0 Å². The SMILES string of the molecule is Cc1cnc2c(c1)CCC(=O)CCC2. The van der Waals surface area contributed by atoms with Gasteiger partial charge in [0.05, 0.1) is 0 Å². The molecule has 0 spiro atoms. The van der Waals surface area contributed by atoms with E-state index in [1.807, 2.05) is 13.1 Å². The van der Waals surface area contributed by atoms with Crippen LogP contribution in [0, 0.1) is 6.92 Å². The van der Waals surface area contributed by atoms with Crippen LogP contribution in [-0.2, 0) is 17.6 Å². The predicted molar refractivity (Wildman–Crippen MR) is 55.2 cm³/mol. The van der Waals surface area contributed by atoms with E-state index in [0.717, 1.165) is 25.7 Å². The molecule has 0 fully saturated rings. The van der Waals surface area contributed by atoms with Gasteiger partial charge in [-0.25, -0.2) is 0 Å². The third-order valence-corrected chi connectivity index (χ3v) is 2.74. The van der Waals surface area contributed by atoms with Crippen molar-refractivity contribution in [3.05, 3.63) is 29.1 Å². The van der Waals surface area contributed by atoms with Gasteiger partial charge in [0, 0.05) is 24.7 Å². The van der Waals surface area contributed by atoms with E-state index in [-0.39, 0.29) is 0 Å². The first-order valence-corrected chi connectivity index (χ1v) is 5.22. The van der Waals surface area contributed by atoms with Gasteiger partial charge < -0.3 is 0 Å². The number of hydrogen-bond acceptors (Lipinski definition) is 2. The Kier molecular flexibility index (Phi) is 2.62. The van der Waals surface area contributed by atoms with Crippen LogP contribution in [0.4, 0.5) is 0 Å². The summed E-state index contributed by atoms with van der Waals surface area (Å²) in [4.78, 5) is 15.7. The number of Topliss-reactive ketones (excluding diaryl/α,β-unsaturated/α-hetero) is 1. The van der Waals surface area contributed by atoms with Crippen LogP contribution >= 0.6 is 0 Å². The first-order chi connectivity index (χ1) is 6.75. The Bertz CT molecular complexity index is 357. The number of pyridine rings is 1. The Balaban J connectivity index is 2.29. The van der Waals surface area contributed by atoms with E-state index in [2.05, 4.69) is 11.1 Å². The second-order valence-corrected chi connectivity index (χ2v) is 4.01. The van der Waals surface area contributed by atoms with Gasteiger partial charge in [-0.1, -0.05) is 6.07 Å². The van der Waals surface area contributed by atoms with Gasteiger partial charge >= 0.3 is 0 Å². The fourth-order valence-corrected chi connectivity index (χ4v) is 1.95. The summed E-state index contributed by atoms with van der Waals surface area (Å²) in [6.45, 7) is 2.05. The molecule has 14 heavy (non-hydrogen) atoms. The predicted octanol–water partition coefficient (Wildman–Crippen LogP) is 2.23. The Morgan fingerprint density at radius 2 is 2.07 bits per heavy atom. The highest BCUT2D eigenvalue weighted by molar-refractivity contribution is 5.78. The molecule has 2 heteroatoms. The summed E-state index contributed by atoms with van der Waals surface area (Å²) in [6, 6.07) is 2.17. The molecule has 0 atom stereocenters. The molecule has 74 valence electrons. The van der Waals surface area contributed by atoms with Crippen LogP contribution in [0.1, 0.15) is 36.1 Å². The fraction of sp³-hybridized carbons (Fsp3) is 0.500. The van der Waals surface area contributed by atoms with Crippen molar-refractivity contribution in [2.75, 3.05) is 0 Å². The van der Waals surface area contributed by atoms with Crippen molar-refractivity contribution in [3.8, 4) is 0 Å². The molecule has 1 aliphatic carbocycles.